The minimum atomic E-state index is -1.07. The van der Waals surface area contributed by atoms with E-state index in [4.69, 9.17) is 0 Å². The minimum absolute atomic E-state index is 0.0638. The lowest BCUT2D eigenvalue weighted by molar-refractivity contribution is -0.123. The number of halogens is 2. The van der Waals surface area contributed by atoms with Gasteiger partial charge in [-0.2, -0.15) is 0 Å². The quantitative estimate of drug-likeness (QED) is 0.766. The normalized spacial score (nSPS) is 14.3. The molecule has 0 radical (unpaired) electrons. The SMILES string of the molecule is O=C(Nc1nc2ccccc2s1)C1CN(C(=O)c2ccc(F)c(F)c2)C1. The van der Waals surface area contributed by atoms with E-state index < -0.39 is 17.5 Å². The maximum atomic E-state index is 13.2. The summed E-state index contributed by atoms with van der Waals surface area (Å²) in [7, 11) is 0. The summed E-state index contributed by atoms with van der Waals surface area (Å²) in [5, 5.41) is 3.29. The standard InChI is InChI=1S/C18H13F2N3O2S/c19-12-6-5-10(7-13(12)20)17(25)23-8-11(9-23)16(24)22-18-21-14-3-1-2-4-15(14)26-18/h1-7,11H,8-9H2,(H,21,22,24). The number of nitrogens with one attached hydrogen (secondary N) is 1. The highest BCUT2D eigenvalue weighted by Crippen LogP contribution is 2.27. The molecule has 26 heavy (non-hydrogen) atoms. The van der Waals surface area contributed by atoms with Gasteiger partial charge in [-0.15, -0.1) is 0 Å². The second kappa shape index (κ2) is 6.45. The first-order valence-electron chi connectivity index (χ1n) is 7.92. The third-order valence-electron chi connectivity index (χ3n) is 4.23. The minimum Gasteiger partial charge on any atom is -0.337 e. The Hall–Kier alpha value is -2.87. The molecule has 4 rings (SSSR count). The number of likely N-dealkylation sites (tertiary alicyclic amines) is 1. The van der Waals surface area contributed by atoms with Crippen LogP contribution >= 0.6 is 11.3 Å². The van der Waals surface area contributed by atoms with Crippen LogP contribution in [0, 0.1) is 17.6 Å². The van der Waals surface area contributed by atoms with Gasteiger partial charge in [-0.25, -0.2) is 13.8 Å². The molecule has 1 saturated heterocycles. The number of hydrogen-bond donors (Lipinski definition) is 1. The molecule has 0 saturated carbocycles. The second-order valence-corrected chi connectivity index (χ2v) is 7.04. The van der Waals surface area contributed by atoms with Crippen molar-refractivity contribution in [1.82, 2.24) is 9.88 Å². The summed E-state index contributed by atoms with van der Waals surface area (Å²) < 4.78 is 27.2. The molecule has 8 heteroatoms. The van der Waals surface area contributed by atoms with Crippen molar-refractivity contribution in [2.24, 2.45) is 5.92 Å². The highest BCUT2D eigenvalue weighted by Gasteiger charge is 2.36. The van der Waals surface area contributed by atoms with Crippen LogP contribution in [0.2, 0.25) is 0 Å². The van der Waals surface area contributed by atoms with Crippen molar-refractivity contribution in [2.75, 3.05) is 18.4 Å². The van der Waals surface area contributed by atoms with E-state index >= 15 is 0 Å². The van der Waals surface area contributed by atoms with Crippen LogP contribution in [0.1, 0.15) is 10.4 Å². The van der Waals surface area contributed by atoms with E-state index in [1.165, 1.54) is 22.3 Å². The predicted molar refractivity (Wildman–Crippen MR) is 94.0 cm³/mol. The zero-order valence-corrected chi connectivity index (χ0v) is 14.2. The van der Waals surface area contributed by atoms with Crippen LogP contribution in [0.25, 0.3) is 10.2 Å². The number of rotatable bonds is 3. The number of para-hydroxylation sites is 1. The van der Waals surface area contributed by atoms with E-state index in [0.29, 0.717) is 5.13 Å². The molecule has 5 nitrogen and oxygen atoms in total. The number of fused-ring (bicyclic) bond motifs is 1. The van der Waals surface area contributed by atoms with E-state index in [9.17, 15) is 18.4 Å². The Morgan fingerprint density at radius 3 is 2.62 bits per heavy atom. The number of anilines is 1. The first-order chi connectivity index (χ1) is 12.5. The average molecular weight is 373 g/mol. The summed E-state index contributed by atoms with van der Waals surface area (Å²) in [6, 6.07) is 10.6. The van der Waals surface area contributed by atoms with Crippen LogP contribution in [-0.4, -0.2) is 34.8 Å². The molecule has 1 aromatic heterocycles. The fourth-order valence-electron chi connectivity index (χ4n) is 2.76. The topological polar surface area (TPSA) is 62.3 Å². The molecular formula is C18H13F2N3O2S. The number of nitrogens with zero attached hydrogens (tertiary/aromatic N) is 2. The Kier molecular flexibility index (Phi) is 4.12. The van der Waals surface area contributed by atoms with Gasteiger partial charge in [-0.1, -0.05) is 23.5 Å². The van der Waals surface area contributed by atoms with Crippen LogP contribution in [0.4, 0.5) is 13.9 Å². The molecule has 0 spiro atoms. The Morgan fingerprint density at radius 2 is 1.88 bits per heavy atom. The molecule has 0 unspecified atom stereocenters. The third kappa shape index (κ3) is 3.03. The molecule has 0 atom stereocenters. The zero-order valence-electron chi connectivity index (χ0n) is 13.4. The molecule has 2 amide bonds. The molecule has 132 valence electrons. The average Bonchev–Trinajstić information content (AvgIpc) is 2.98. The second-order valence-electron chi connectivity index (χ2n) is 6.01. The largest absolute Gasteiger partial charge is 0.337 e. The Morgan fingerprint density at radius 1 is 1.12 bits per heavy atom. The Labute approximate surface area is 151 Å². The maximum absolute atomic E-state index is 13.2. The molecule has 1 fully saturated rings. The van der Waals surface area contributed by atoms with Gasteiger partial charge in [0.15, 0.2) is 16.8 Å². The zero-order chi connectivity index (χ0) is 18.3. The number of carbonyl (C=O) groups is 2. The third-order valence-corrected chi connectivity index (χ3v) is 5.18. The number of hydrogen-bond acceptors (Lipinski definition) is 4. The van der Waals surface area contributed by atoms with E-state index in [1.807, 2.05) is 24.3 Å². The fraction of sp³-hybridized carbons (Fsp3) is 0.167. The summed E-state index contributed by atoms with van der Waals surface area (Å²) in [4.78, 5) is 30.3. The van der Waals surface area contributed by atoms with Crippen molar-refractivity contribution in [1.29, 1.82) is 0 Å². The number of carbonyl (C=O) groups excluding carboxylic acids is 2. The predicted octanol–water partition coefficient (Wildman–Crippen LogP) is 3.29. The molecule has 2 aromatic carbocycles. The highest BCUT2D eigenvalue weighted by molar-refractivity contribution is 7.22. The molecule has 3 aromatic rings. The van der Waals surface area contributed by atoms with Crippen molar-refractivity contribution in [3.05, 3.63) is 59.7 Å². The maximum Gasteiger partial charge on any atom is 0.254 e. The fourth-order valence-corrected chi connectivity index (χ4v) is 3.62. The van der Waals surface area contributed by atoms with Crippen LogP contribution in [0.3, 0.4) is 0 Å². The highest BCUT2D eigenvalue weighted by atomic mass is 32.1. The number of thiazole rings is 1. The molecule has 0 bridgehead atoms. The van der Waals surface area contributed by atoms with Gasteiger partial charge < -0.3 is 10.2 Å². The summed E-state index contributed by atoms with van der Waals surface area (Å²) in [5.41, 5.74) is 0.880. The number of amides is 2. The molecule has 2 heterocycles. The van der Waals surface area contributed by atoms with Crippen molar-refractivity contribution in [3.8, 4) is 0 Å². The Bertz CT molecular complexity index is 982. The van der Waals surface area contributed by atoms with Crippen molar-refractivity contribution in [2.45, 2.75) is 0 Å². The number of aromatic nitrogens is 1. The van der Waals surface area contributed by atoms with Crippen molar-refractivity contribution in [3.63, 3.8) is 0 Å². The van der Waals surface area contributed by atoms with Crippen LogP contribution in [0.15, 0.2) is 42.5 Å². The van der Waals surface area contributed by atoms with Crippen LogP contribution in [-0.2, 0) is 4.79 Å². The van der Waals surface area contributed by atoms with Gasteiger partial charge in [0, 0.05) is 18.7 Å². The number of benzene rings is 2. The summed E-state index contributed by atoms with van der Waals surface area (Å²) >= 11 is 1.38. The molecule has 1 aliphatic rings. The van der Waals surface area contributed by atoms with Gasteiger partial charge in [-0.3, -0.25) is 9.59 Å². The van der Waals surface area contributed by atoms with E-state index in [1.54, 1.807) is 0 Å². The van der Waals surface area contributed by atoms with Gasteiger partial charge in [0.1, 0.15) is 0 Å². The van der Waals surface area contributed by atoms with Gasteiger partial charge in [0.2, 0.25) is 5.91 Å². The van der Waals surface area contributed by atoms with Crippen LogP contribution in [0.5, 0.6) is 0 Å². The monoisotopic (exact) mass is 373 g/mol. The molecule has 1 N–H and O–H groups in total. The summed E-state index contributed by atoms with van der Waals surface area (Å²) in [5.74, 6) is -3.05. The van der Waals surface area contributed by atoms with Crippen LogP contribution < -0.4 is 5.32 Å². The summed E-state index contributed by atoms with van der Waals surface area (Å²) in [6.45, 7) is 0.461. The molecule has 1 aliphatic heterocycles. The van der Waals surface area contributed by atoms with Gasteiger partial charge in [0.25, 0.3) is 5.91 Å². The lowest BCUT2D eigenvalue weighted by Gasteiger charge is -2.38. The summed E-state index contributed by atoms with van der Waals surface area (Å²) in [6.07, 6.45) is 0. The van der Waals surface area contributed by atoms with Crippen molar-refractivity contribution >= 4 is 38.5 Å². The van der Waals surface area contributed by atoms with Gasteiger partial charge in [0.05, 0.1) is 16.1 Å². The van der Waals surface area contributed by atoms with Gasteiger partial charge >= 0.3 is 0 Å². The smallest absolute Gasteiger partial charge is 0.254 e. The van der Waals surface area contributed by atoms with E-state index in [-0.39, 0.29) is 30.5 Å². The first kappa shape index (κ1) is 16.6. The first-order valence-corrected chi connectivity index (χ1v) is 8.73. The van der Waals surface area contributed by atoms with Crippen molar-refractivity contribution < 1.29 is 18.4 Å². The van der Waals surface area contributed by atoms with Gasteiger partial charge in [-0.05, 0) is 30.3 Å². The molecule has 0 aliphatic carbocycles. The Balaban J connectivity index is 1.37. The lowest BCUT2D eigenvalue weighted by Crippen LogP contribution is -2.54. The lowest BCUT2D eigenvalue weighted by atomic mass is 9.98. The van der Waals surface area contributed by atoms with E-state index in [0.717, 1.165) is 22.3 Å². The molecular weight excluding hydrogens is 360 g/mol. The van der Waals surface area contributed by atoms with E-state index in [2.05, 4.69) is 10.3 Å².